The van der Waals surface area contributed by atoms with Gasteiger partial charge in [0.2, 0.25) is 0 Å². The van der Waals surface area contributed by atoms with Gasteiger partial charge < -0.3 is 10.8 Å². The van der Waals surface area contributed by atoms with E-state index in [4.69, 9.17) is 5.73 Å². The third-order valence-electron chi connectivity index (χ3n) is 2.22. The number of anilines is 1. The van der Waals surface area contributed by atoms with Crippen molar-refractivity contribution in [1.29, 1.82) is 0 Å². The Bertz CT molecular complexity index is 449. The van der Waals surface area contributed by atoms with Gasteiger partial charge in [-0.1, -0.05) is 0 Å². The molecular weight excluding hydrogens is 194 g/mol. The number of rotatable bonds is 1. The molecule has 0 fully saturated rings. The van der Waals surface area contributed by atoms with Crippen LogP contribution in [0.15, 0.2) is 29.0 Å². The molecule has 0 spiro atoms. The van der Waals surface area contributed by atoms with E-state index >= 15 is 0 Å². The molecule has 1 aromatic heterocycles. The molecular formula is C11H11NOS. The number of nitrogens with two attached hydrogens (primary N) is 1. The van der Waals surface area contributed by atoms with E-state index in [0.717, 1.165) is 16.7 Å². The molecule has 1 heterocycles. The maximum absolute atomic E-state index is 9.74. The van der Waals surface area contributed by atoms with Crippen molar-refractivity contribution in [3.8, 4) is 16.9 Å². The average Bonchev–Trinajstić information content (AvgIpc) is 2.64. The SMILES string of the molecule is Cc1cc(O)c(-c2ccsc2)cc1N. The Morgan fingerprint density at radius 3 is 2.79 bits per heavy atom. The minimum Gasteiger partial charge on any atom is -0.507 e. The van der Waals surface area contributed by atoms with E-state index in [1.165, 1.54) is 0 Å². The summed E-state index contributed by atoms with van der Waals surface area (Å²) in [5.74, 6) is 0.287. The standard InChI is InChI=1S/C11H11NOS/c1-7-4-11(13)9(5-10(7)12)8-2-3-14-6-8/h2-6,13H,12H2,1H3. The van der Waals surface area contributed by atoms with E-state index < -0.39 is 0 Å². The first-order valence-corrected chi connectivity index (χ1v) is 5.24. The summed E-state index contributed by atoms with van der Waals surface area (Å²) in [6.07, 6.45) is 0. The second kappa shape index (κ2) is 3.35. The Morgan fingerprint density at radius 1 is 1.36 bits per heavy atom. The van der Waals surface area contributed by atoms with Gasteiger partial charge in [0.05, 0.1) is 0 Å². The second-order valence-corrected chi connectivity index (χ2v) is 4.02. The van der Waals surface area contributed by atoms with Crippen molar-refractivity contribution in [2.24, 2.45) is 0 Å². The van der Waals surface area contributed by atoms with Gasteiger partial charge in [-0.25, -0.2) is 0 Å². The number of hydrogen-bond donors (Lipinski definition) is 2. The molecule has 3 N–H and O–H groups in total. The Labute approximate surface area is 86.6 Å². The predicted molar refractivity (Wildman–Crippen MR) is 60.6 cm³/mol. The number of aryl methyl sites for hydroxylation is 1. The lowest BCUT2D eigenvalue weighted by molar-refractivity contribution is 0.477. The molecule has 14 heavy (non-hydrogen) atoms. The third kappa shape index (κ3) is 1.46. The molecule has 2 rings (SSSR count). The summed E-state index contributed by atoms with van der Waals surface area (Å²) in [6.45, 7) is 1.88. The minimum atomic E-state index is 0.287. The van der Waals surface area contributed by atoms with Gasteiger partial charge in [0.1, 0.15) is 5.75 Å². The average molecular weight is 205 g/mol. The van der Waals surface area contributed by atoms with Crippen LogP contribution in [0, 0.1) is 6.92 Å². The van der Waals surface area contributed by atoms with Crippen LogP contribution in [0.25, 0.3) is 11.1 Å². The van der Waals surface area contributed by atoms with E-state index in [1.54, 1.807) is 17.4 Å². The van der Waals surface area contributed by atoms with Crippen LogP contribution in [-0.2, 0) is 0 Å². The van der Waals surface area contributed by atoms with Gasteiger partial charge in [0.25, 0.3) is 0 Å². The molecule has 0 aliphatic carbocycles. The highest BCUT2D eigenvalue weighted by atomic mass is 32.1. The molecule has 1 aromatic carbocycles. The van der Waals surface area contributed by atoms with Gasteiger partial charge in [-0.15, -0.1) is 0 Å². The summed E-state index contributed by atoms with van der Waals surface area (Å²) < 4.78 is 0. The molecule has 72 valence electrons. The molecule has 0 bridgehead atoms. The zero-order valence-corrected chi connectivity index (χ0v) is 8.64. The Hall–Kier alpha value is -1.48. The van der Waals surface area contributed by atoms with Crippen molar-refractivity contribution in [1.82, 2.24) is 0 Å². The second-order valence-electron chi connectivity index (χ2n) is 3.24. The zero-order chi connectivity index (χ0) is 10.1. The van der Waals surface area contributed by atoms with Gasteiger partial charge in [0, 0.05) is 11.3 Å². The summed E-state index contributed by atoms with van der Waals surface area (Å²) in [7, 11) is 0. The number of aromatic hydroxyl groups is 1. The van der Waals surface area contributed by atoms with Gasteiger partial charge in [0.15, 0.2) is 0 Å². The number of thiophene rings is 1. The lowest BCUT2D eigenvalue weighted by Gasteiger charge is -2.06. The molecule has 0 amide bonds. The fourth-order valence-electron chi connectivity index (χ4n) is 1.36. The van der Waals surface area contributed by atoms with Crippen LogP contribution in [0.3, 0.4) is 0 Å². The molecule has 0 radical (unpaired) electrons. The quantitative estimate of drug-likeness (QED) is 0.555. The Balaban J connectivity index is 2.60. The summed E-state index contributed by atoms with van der Waals surface area (Å²) >= 11 is 1.60. The first-order valence-electron chi connectivity index (χ1n) is 4.30. The maximum atomic E-state index is 9.74. The van der Waals surface area contributed by atoms with Gasteiger partial charge in [-0.3, -0.25) is 0 Å². The maximum Gasteiger partial charge on any atom is 0.123 e. The highest BCUT2D eigenvalue weighted by molar-refractivity contribution is 7.08. The van der Waals surface area contributed by atoms with E-state index in [2.05, 4.69) is 0 Å². The smallest absolute Gasteiger partial charge is 0.123 e. The van der Waals surface area contributed by atoms with Crippen LogP contribution < -0.4 is 5.73 Å². The normalized spacial score (nSPS) is 10.4. The van der Waals surface area contributed by atoms with E-state index in [0.29, 0.717) is 5.69 Å². The number of phenolic OH excluding ortho intramolecular Hbond substituents is 1. The van der Waals surface area contributed by atoms with Crippen molar-refractivity contribution in [3.63, 3.8) is 0 Å². The van der Waals surface area contributed by atoms with Crippen LogP contribution in [0.5, 0.6) is 5.75 Å². The van der Waals surface area contributed by atoms with Crippen molar-refractivity contribution in [2.45, 2.75) is 6.92 Å². The van der Waals surface area contributed by atoms with E-state index in [-0.39, 0.29) is 5.75 Å². The van der Waals surface area contributed by atoms with Gasteiger partial charge in [-0.05, 0) is 47.0 Å². The zero-order valence-electron chi connectivity index (χ0n) is 7.82. The molecule has 3 heteroatoms. The lowest BCUT2D eigenvalue weighted by atomic mass is 10.0. The number of hydrogen-bond acceptors (Lipinski definition) is 3. The number of phenols is 1. The first kappa shape index (κ1) is 9.09. The molecule has 0 aliphatic heterocycles. The summed E-state index contributed by atoms with van der Waals surface area (Å²) in [4.78, 5) is 0. The fraction of sp³-hybridized carbons (Fsp3) is 0.0909. The third-order valence-corrected chi connectivity index (χ3v) is 2.90. The molecule has 2 aromatic rings. The topological polar surface area (TPSA) is 46.2 Å². The molecule has 0 unspecified atom stereocenters. The summed E-state index contributed by atoms with van der Waals surface area (Å²) in [6, 6.07) is 5.48. The van der Waals surface area contributed by atoms with Crippen molar-refractivity contribution >= 4 is 17.0 Å². The number of benzene rings is 1. The first-order chi connectivity index (χ1) is 6.68. The largest absolute Gasteiger partial charge is 0.507 e. The van der Waals surface area contributed by atoms with Gasteiger partial charge >= 0.3 is 0 Å². The lowest BCUT2D eigenvalue weighted by Crippen LogP contribution is -1.90. The van der Waals surface area contributed by atoms with Crippen molar-refractivity contribution in [2.75, 3.05) is 5.73 Å². The molecule has 0 saturated carbocycles. The molecule has 2 nitrogen and oxygen atoms in total. The fourth-order valence-corrected chi connectivity index (χ4v) is 2.01. The molecule has 0 aliphatic rings. The van der Waals surface area contributed by atoms with E-state index in [1.807, 2.05) is 29.8 Å². The van der Waals surface area contributed by atoms with Crippen LogP contribution in [-0.4, -0.2) is 5.11 Å². The predicted octanol–water partition coefficient (Wildman–Crippen LogP) is 3.01. The van der Waals surface area contributed by atoms with Crippen LogP contribution in [0.4, 0.5) is 5.69 Å². The van der Waals surface area contributed by atoms with Crippen LogP contribution in [0.1, 0.15) is 5.56 Å². The Morgan fingerprint density at radius 2 is 2.14 bits per heavy atom. The Kier molecular flexibility index (Phi) is 2.17. The highest BCUT2D eigenvalue weighted by Crippen LogP contribution is 2.33. The summed E-state index contributed by atoms with van der Waals surface area (Å²) in [5.41, 5.74) is 9.22. The van der Waals surface area contributed by atoms with Crippen molar-refractivity contribution in [3.05, 3.63) is 34.5 Å². The number of nitrogen functional groups attached to an aromatic ring is 1. The molecule has 0 atom stereocenters. The summed E-state index contributed by atoms with van der Waals surface area (Å²) in [5, 5.41) is 13.7. The van der Waals surface area contributed by atoms with Crippen LogP contribution in [0.2, 0.25) is 0 Å². The van der Waals surface area contributed by atoms with Crippen molar-refractivity contribution < 1.29 is 5.11 Å². The van der Waals surface area contributed by atoms with Crippen LogP contribution >= 0.6 is 11.3 Å². The molecule has 0 saturated heterocycles. The monoisotopic (exact) mass is 205 g/mol. The minimum absolute atomic E-state index is 0.287. The van der Waals surface area contributed by atoms with E-state index in [9.17, 15) is 5.11 Å². The van der Waals surface area contributed by atoms with Gasteiger partial charge in [-0.2, -0.15) is 11.3 Å². The highest BCUT2D eigenvalue weighted by Gasteiger charge is 2.06.